The van der Waals surface area contributed by atoms with Gasteiger partial charge in [-0.15, -0.1) is 10.2 Å². The molecule has 1 N–H and O–H groups in total. The van der Waals surface area contributed by atoms with Gasteiger partial charge in [0.15, 0.2) is 0 Å². The van der Waals surface area contributed by atoms with Crippen LogP contribution in [0.25, 0.3) is 0 Å². The summed E-state index contributed by atoms with van der Waals surface area (Å²) < 4.78 is 0. The van der Waals surface area contributed by atoms with Crippen molar-refractivity contribution in [3.05, 3.63) is 5.51 Å². The minimum atomic E-state index is 0.914. The minimum absolute atomic E-state index is 0.914. The van der Waals surface area contributed by atoms with Gasteiger partial charge in [-0.25, -0.2) is 0 Å². The van der Waals surface area contributed by atoms with Crippen molar-refractivity contribution in [2.45, 2.75) is 20.3 Å². The molecular weight excluding hydrogens is 196 g/mol. The van der Waals surface area contributed by atoms with E-state index in [1.54, 1.807) is 16.8 Å². The molecule has 0 atom stereocenters. The van der Waals surface area contributed by atoms with E-state index in [4.69, 9.17) is 0 Å². The first-order valence-corrected chi connectivity index (χ1v) is 5.97. The summed E-state index contributed by atoms with van der Waals surface area (Å²) >= 11 is 1.54. The van der Waals surface area contributed by atoms with E-state index in [1.165, 1.54) is 13.0 Å². The summed E-state index contributed by atoms with van der Waals surface area (Å²) in [7, 11) is 0. The van der Waals surface area contributed by atoms with Crippen molar-refractivity contribution in [3.63, 3.8) is 0 Å². The monoisotopic (exact) mass is 214 g/mol. The van der Waals surface area contributed by atoms with E-state index in [1.807, 2.05) is 0 Å². The van der Waals surface area contributed by atoms with Crippen LogP contribution in [0.2, 0.25) is 0 Å². The Bertz CT molecular complexity index is 225. The second-order valence-electron chi connectivity index (χ2n) is 3.10. The third-order valence-corrected chi connectivity index (χ3v) is 2.70. The summed E-state index contributed by atoms with van der Waals surface area (Å²) in [6.45, 7) is 8.72. The molecule has 80 valence electrons. The van der Waals surface area contributed by atoms with Crippen LogP contribution < -0.4 is 5.32 Å². The quantitative estimate of drug-likeness (QED) is 0.750. The van der Waals surface area contributed by atoms with Crippen LogP contribution in [0.5, 0.6) is 0 Å². The van der Waals surface area contributed by atoms with E-state index in [9.17, 15) is 0 Å². The molecule has 5 heteroatoms. The third-order valence-electron chi connectivity index (χ3n) is 2.05. The highest BCUT2D eigenvalue weighted by atomic mass is 32.1. The highest BCUT2D eigenvalue weighted by molar-refractivity contribution is 7.13. The molecule has 0 saturated heterocycles. The molecule has 0 aliphatic rings. The van der Waals surface area contributed by atoms with Gasteiger partial charge in [-0.2, -0.15) is 0 Å². The molecular formula is C9H18N4S. The number of aromatic nitrogens is 2. The maximum absolute atomic E-state index is 3.92. The number of nitrogens with one attached hydrogen (secondary N) is 1. The first kappa shape index (κ1) is 11.4. The van der Waals surface area contributed by atoms with Gasteiger partial charge in [0.05, 0.1) is 0 Å². The SMILES string of the molecule is CCCN(CC)CCNc1nncs1. The maximum atomic E-state index is 3.92. The molecule has 0 aromatic carbocycles. The van der Waals surface area contributed by atoms with Crippen LogP contribution in [-0.2, 0) is 0 Å². The Balaban J connectivity index is 2.13. The molecule has 1 rings (SSSR count). The molecule has 0 radical (unpaired) electrons. The first-order valence-electron chi connectivity index (χ1n) is 5.09. The predicted octanol–water partition coefficient (Wildman–Crippen LogP) is 1.68. The minimum Gasteiger partial charge on any atom is -0.359 e. The van der Waals surface area contributed by atoms with E-state index in [0.717, 1.165) is 24.8 Å². The van der Waals surface area contributed by atoms with Gasteiger partial charge in [0.2, 0.25) is 5.13 Å². The highest BCUT2D eigenvalue weighted by Gasteiger charge is 2.00. The Kier molecular flexibility index (Phi) is 5.47. The molecule has 4 nitrogen and oxygen atoms in total. The largest absolute Gasteiger partial charge is 0.359 e. The van der Waals surface area contributed by atoms with Crippen molar-refractivity contribution in [2.75, 3.05) is 31.5 Å². The molecule has 0 aliphatic heterocycles. The molecule has 0 saturated carbocycles. The van der Waals surface area contributed by atoms with Gasteiger partial charge in [0.25, 0.3) is 0 Å². The van der Waals surface area contributed by atoms with Crippen molar-refractivity contribution in [2.24, 2.45) is 0 Å². The molecule has 0 spiro atoms. The second-order valence-corrected chi connectivity index (χ2v) is 3.94. The van der Waals surface area contributed by atoms with Crippen molar-refractivity contribution in [3.8, 4) is 0 Å². The number of hydrogen-bond acceptors (Lipinski definition) is 5. The zero-order valence-corrected chi connectivity index (χ0v) is 9.68. The Labute approximate surface area is 89.3 Å². The molecule has 1 aromatic heterocycles. The Morgan fingerprint density at radius 2 is 2.29 bits per heavy atom. The standard InChI is InChI=1S/C9H18N4S/c1-3-6-13(4-2)7-5-10-9-12-11-8-14-9/h8H,3-7H2,1-2H3,(H,10,12). The lowest BCUT2D eigenvalue weighted by Gasteiger charge is -2.19. The predicted molar refractivity (Wildman–Crippen MR) is 60.8 cm³/mol. The Morgan fingerprint density at radius 3 is 2.86 bits per heavy atom. The molecule has 0 unspecified atom stereocenters. The van der Waals surface area contributed by atoms with Gasteiger partial charge in [-0.1, -0.05) is 25.2 Å². The van der Waals surface area contributed by atoms with E-state index < -0.39 is 0 Å². The number of rotatable bonds is 7. The number of nitrogens with zero attached hydrogens (tertiary/aromatic N) is 3. The molecule has 14 heavy (non-hydrogen) atoms. The van der Waals surface area contributed by atoms with E-state index in [2.05, 4.69) is 34.3 Å². The lowest BCUT2D eigenvalue weighted by Crippen LogP contribution is -2.29. The summed E-state index contributed by atoms with van der Waals surface area (Å²) in [5, 5.41) is 11.9. The average molecular weight is 214 g/mol. The van der Waals surface area contributed by atoms with Gasteiger partial charge >= 0.3 is 0 Å². The summed E-state index contributed by atoms with van der Waals surface area (Å²) in [5.74, 6) is 0. The van der Waals surface area contributed by atoms with Crippen LogP contribution in [0, 0.1) is 0 Å². The van der Waals surface area contributed by atoms with Gasteiger partial charge in [-0.05, 0) is 19.5 Å². The lowest BCUT2D eigenvalue weighted by molar-refractivity contribution is 0.300. The summed E-state index contributed by atoms with van der Waals surface area (Å²) in [5.41, 5.74) is 1.74. The zero-order valence-electron chi connectivity index (χ0n) is 8.86. The first-order chi connectivity index (χ1) is 6.86. The molecule has 1 heterocycles. The Morgan fingerprint density at radius 1 is 1.43 bits per heavy atom. The van der Waals surface area contributed by atoms with Crippen molar-refractivity contribution in [1.29, 1.82) is 0 Å². The van der Waals surface area contributed by atoms with Crippen molar-refractivity contribution in [1.82, 2.24) is 15.1 Å². The highest BCUT2D eigenvalue weighted by Crippen LogP contribution is 2.06. The summed E-state index contributed by atoms with van der Waals surface area (Å²) in [6, 6.07) is 0. The average Bonchev–Trinajstić information content (AvgIpc) is 2.69. The molecule has 0 fully saturated rings. The fourth-order valence-electron chi connectivity index (χ4n) is 1.32. The maximum Gasteiger partial charge on any atom is 0.205 e. The number of anilines is 1. The van der Waals surface area contributed by atoms with Crippen LogP contribution in [0.1, 0.15) is 20.3 Å². The van der Waals surface area contributed by atoms with Gasteiger partial charge in [-0.3, -0.25) is 0 Å². The normalized spacial score (nSPS) is 10.8. The fourth-order valence-corrected chi connectivity index (χ4v) is 1.79. The number of likely N-dealkylation sites (N-methyl/N-ethyl adjacent to an activating group) is 1. The summed E-state index contributed by atoms with van der Waals surface area (Å²) in [4.78, 5) is 2.42. The lowest BCUT2D eigenvalue weighted by atomic mass is 10.4. The summed E-state index contributed by atoms with van der Waals surface area (Å²) in [6.07, 6.45) is 1.21. The topological polar surface area (TPSA) is 41.0 Å². The van der Waals surface area contributed by atoms with Crippen molar-refractivity contribution >= 4 is 16.5 Å². The van der Waals surface area contributed by atoms with Crippen LogP contribution in [0.4, 0.5) is 5.13 Å². The van der Waals surface area contributed by atoms with E-state index in [-0.39, 0.29) is 0 Å². The second kappa shape index (κ2) is 6.73. The van der Waals surface area contributed by atoms with E-state index in [0.29, 0.717) is 0 Å². The fraction of sp³-hybridized carbons (Fsp3) is 0.778. The van der Waals surface area contributed by atoms with Gasteiger partial charge in [0, 0.05) is 13.1 Å². The van der Waals surface area contributed by atoms with E-state index >= 15 is 0 Å². The van der Waals surface area contributed by atoms with Crippen molar-refractivity contribution < 1.29 is 0 Å². The van der Waals surface area contributed by atoms with Crippen LogP contribution in [0.3, 0.4) is 0 Å². The molecule has 0 amide bonds. The Hall–Kier alpha value is -0.680. The van der Waals surface area contributed by atoms with Gasteiger partial charge in [0.1, 0.15) is 5.51 Å². The smallest absolute Gasteiger partial charge is 0.205 e. The van der Waals surface area contributed by atoms with Crippen LogP contribution in [0.15, 0.2) is 5.51 Å². The van der Waals surface area contributed by atoms with Crippen LogP contribution in [-0.4, -0.2) is 41.3 Å². The number of hydrogen-bond donors (Lipinski definition) is 1. The molecule has 1 aromatic rings. The molecule has 0 aliphatic carbocycles. The van der Waals surface area contributed by atoms with Gasteiger partial charge < -0.3 is 10.2 Å². The molecule has 0 bridgehead atoms. The third kappa shape index (κ3) is 4.02. The zero-order chi connectivity index (χ0) is 10.2. The van der Waals surface area contributed by atoms with Crippen LogP contribution >= 0.6 is 11.3 Å².